The molecule has 1 heterocycles. The molecule has 0 fully saturated rings. The zero-order valence-corrected chi connectivity index (χ0v) is 21.6. The Labute approximate surface area is 225 Å². The van der Waals surface area contributed by atoms with E-state index in [0.717, 1.165) is 40.3 Å². The van der Waals surface area contributed by atoms with Crippen LogP contribution in [0.5, 0.6) is 0 Å². The van der Waals surface area contributed by atoms with Crippen LogP contribution in [0.1, 0.15) is 31.2 Å². The number of carboxylic acids is 1. The van der Waals surface area contributed by atoms with Gasteiger partial charge in [0.15, 0.2) is 0 Å². The topological polar surface area (TPSA) is 84.2 Å². The molecule has 0 bridgehead atoms. The van der Waals surface area contributed by atoms with Gasteiger partial charge in [-0.1, -0.05) is 65.7 Å². The number of aliphatic carboxylic acids is 1. The van der Waals surface area contributed by atoms with Crippen LogP contribution in [-0.2, 0) is 16.1 Å². The van der Waals surface area contributed by atoms with E-state index in [-0.39, 0.29) is 18.7 Å². The van der Waals surface area contributed by atoms with Crippen molar-refractivity contribution in [3.63, 3.8) is 0 Å². The average molecular weight is 534 g/mol. The maximum absolute atomic E-state index is 11.8. The number of imidazole rings is 1. The van der Waals surface area contributed by atoms with E-state index in [4.69, 9.17) is 33.3 Å². The highest BCUT2D eigenvalue weighted by Gasteiger charge is 2.11. The number of aromatic nitrogens is 2. The molecule has 2 N–H and O–H groups in total. The fourth-order valence-electron chi connectivity index (χ4n) is 3.79. The number of nitrogens with zero attached hydrogens (tertiary/aromatic N) is 2. The van der Waals surface area contributed by atoms with Crippen LogP contribution < -0.4 is 5.32 Å². The summed E-state index contributed by atoms with van der Waals surface area (Å²) >= 11 is 12.4. The van der Waals surface area contributed by atoms with Crippen LogP contribution in [0.3, 0.4) is 0 Å². The third-order valence-electron chi connectivity index (χ3n) is 5.76. The van der Waals surface area contributed by atoms with E-state index in [9.17, 15) is 9.59 Å². The monoisotopic (exact) mass is 533 g/mol. The van der Waals surface area contributed by atoms with E-state index in [1.54, 1.807) is 24.3 Å². The van der Waals surface area contributed by atoms with Gasteiger partial charge < -0.3 is 15.0 Å². The van der Waals surface area contributed by atoms with Crippen LogP contribution in [0.4, 0.5) is 5.69 Å². The molecule has 8 heteroatoms. The van der Waals surface area contributed by atoms with Gasteiger partial charge in [-0.25, -0.2) is 4.98 Å². The maximum Gasteiger partial charge on any atom is 0.303 e. The molecule has 188 valence electrons. The van der Waals surface area contributed by atoms with Crippen molar-refractivity contribution in [1.29, 1.82) is 0 Å². The average Bonchev–Trinajstić information content (AvgIpc) is 3.30. The van der Waals surface area contributed by atoms with Crippen molar-refractivity contribution >= 4 is 52.9 Å². The minimum absolute atomic E-state index is 0.0548. The predicted molar refractivity (Wildman–Crippen MR) is 150 cm³/mol. The van der Waals surface area contributed by atoms with Gasteiger partial charge in [0.25, 0.3) is 0 Å². The quantitative estimate of drug-likeness (QED) is 0.233. The Bertz CT molecular complexity index is 1440. The number of carboxylic acid groups (broad SMARTS) is 1. The van der Waals surface area contributed by atoms with Crippen LogP contribution in [-0.4, -0.2) is 26.5 Å². The van der Waals surface area contributed by atoms with E-state index in [0.29, 0.717) is 15.7 Å². The number of hydrogen-bond acceptors (Lipinski definition) is 3. The molecule has 6 nitrogen and oxygen atoms in total. The third-order valence-corrected chi connectivity index (χ3v) is 6.31. The van der Waals surface area contributed by atoms with Gasteiger partial charge >= 0.3 is 5.97 Å². The van der Waals surface area contributed by atoms with Gasteiger partial charge in [-0.15, -0.1) is 0 Å². The van der Waals surface area contributed by atoms with Crippen LogP contribution in [0, 0.1) is 0 Å². The molecule has 0 radical (unpaired) electrons. The van der Waals surface area contributed by atoms with E-state index in [2.05, 4.69) is 16.8 Å². The lowest BCUT2D eigenvalue weighted by Crippen LogP contribution is -2.13. The summed E-state index contributed by atoms with van der Waals surface area (Å²) in [5.74, 6) is -0.487. The molecule has 0 aliphatic heterocycles. The molecule has 37 heavy (non-hydrogen) atoms. The van der Waals surface area contributed by atoms with Crippen LogP contribution in [0.2, 0.25) is 10.0 Å². The van der Waals surface area contributed by atoms with Gasteiger partial charge in [0.2, 0.25) is 5.91 Å². The molecule has 0 saturated heterocycles. The van der Waals surface area contributed by atoms with Gasteiger partial charge in [0.1, 0.15) is 5.82 Å². The first kappa shape index (κ1) is 26.2. The molecule has 0 atom stereocenters. The van der Waals surface area contributed by atoms with Crippen LogP contribution in [0.25, 0.3) is 34.5 Å². The Balaban J connectivity index is 1.44. The summed E-state index contributed by atoms with van der Waals surface area (Å²) in [6, 6.07) is 21.0. The number of amides is 1. The molecule has 1 amide bonds. The molecule has 0 spiro atoms. The number of carbonyl (C=O) groups is 2. The van der Waals surface area contributed by atoms with E-state index in [1.807, 2.05) is 60.8 Å². The summed E-state index contributed by atoms with van der Waals surface area (Å²) in [5.41, 5.74) is 5.33. The third kappa shape index (κ3) is 6.88. The fraction of sp³-hybridized carbons (Fsp3) is 0.138. The van der Waals surface area contributed by atoms with Crippen molar-refractivity contribution in [2.45, 2.75) is 26.3 Å². The van der Waals surface area contributed by atoms with Gasteiger partial charge in [-0.05, 0) is 60.0 Å². The molecule has 0 unspecified atom stereocenters. The highest BCUT2D eigenvalue weighted by molar-refractivity contribution is 6.36. The van der Waals surface area contributed by atoms with Crippen molar-refractivity contribution in [3.05, 3.63) is 94.4 Å². The van der Waals surface area contributed by atoms with E-state index >= 15 is 0 Å². The highest BCUT2D eigenvalue weighted by atomic mass is 35.5. The number of aryl methyl sites for hydroxylation is 1. The zero-order valence-electron chi connectivity index (χ0n) is 20.1. The number of anilines is 1. The molecule has 0 saturated carbocycles. The van der Waals surface area contributed by atoms with E-state index in [1.165, 1.54) is 0 Å². The molecule has 0 aliphatic rings. The highest BCUT2D eigenvalue weighted by Crippen LogP contribution is 2.30. The molecule has 4 aromatic rings. The predicted octanol–water partition coefficient (Wildman–Crippen LogP) is 7.52. The van der Waals surface area contributed by atoms with Crippen molar-refractivity contribution < 1.29 is 14.7 Å². The second-order valence-electron chi connectivity index (χ2n) is 8.37. The molecular weight excluding hydrogens is 509 g/mol. The van der Waals surface area contributed by atoms with Gasteiger partial charge in [-0.3, -0.25) is 9.59 Å². The molecule has 4 rings (SSSR count). The molecule has 0 aliphatic carbocycles. The largest absolute Gasteiger partial charge is 0.481 e. The Morgan fingerprint density at radius 1 is 0.946 bits per heavy atom. The Hall–Kier alpha value is -3.87. The lowest BCUT2D eigenvalue weighted by molar-refractivity contribution is -0.138. The summed E-state index contributed by atoms with van der Waals surface area (Å²) in [5, 5.41) is 12.6. The summed E-state index contributed by atoms with van der Waals surface area (Å²) < 4.78 is 2.06. The van der Waals surface area contributed by atoms with Crippen LogP contribution in [0.15, 0.2) is 72.9 Å². The minimum Gasteiger partial charge on any atom is -0.481 e. The number of halogens is 2. The molecule has 1 aromatic heterocycles. The van der Waals surface area contributed by atoms with Crippen molar-refractivity contribution in [1.82, 2.24) is 9.55 Å². The Morgan fingerprint density at radius 2 is 1.62 bits per heavy atom. The maximum atomic E-state index is 11.8. The van der Waals surface area contributed by atoms with Crippen molar-refractivity contribution in [2.24, 2.45) is 0 Å². The summed E-state index contributed by atoms with van der Waals surface area (Å²) in [6.45, 7) is 2.83. The number of hydrogen-bond donors (Lipinski definition) is 2. The SMILES string of the molecule is CCn1cc(-c2ccc(Cl)cc2Cl)nc1C=Cc1ccc(-c2ccc(NC(=O)CCC(=O)O)cc2)cc1. The number of nitrogens with one attached hydrogen (secondary N) is 1. The smallest absolute Gasteiger partial charge is 0.303 e. The lowest BCUT2D eigenvalue weighted by atomic mass is 10.0. The number of benzene rings is 3. The van der Waals surface area contributed by atoms with Gasteiger partial charge in [0, 0.05) is 35.4 Å². The first-order valence-electron chi connectivity index (χ1n) is 11.7. The normalized spacial score (nSPS) is 11.1. The summed E-state index contributed by atoms with van der Waals surface area (Å²) in [7, 11) is 0. The van der Waals surface area contributed by atoms with E-state index < -0.39 is 5.97 Å². The first-order chi connectivity index (χ1) is 17.8. The van der Waals surface area contributed by atoms with Gasteiger partial charge in [0.05, 0.1) is 17.1 Å². The lowest BCUT2D eigenvalue weighted by Gasteiger charge is -2.07. The second kappa shape index (κ2) is 11.9. The Kier molecular flexibility index (Phi) is 8.43. The fourth-order valence-corrected chi connectivity index (χ4v) is 4.30. The summed E-state index contributed by atoms with van der Waals surface area (Å²) in [6.07, 6.45) is 5.73. The van der Waals surface area contributed by atoms with Crippen molar-refractivity contribution in [3.8, 4) is 22.4 Å². The standard InChI is InChI=1S/C29H25Cl2N3O3/c1-2-34-18-26(24-13-10-22(30)17-25(24)31)33-27(34)14-5-19-3-6-20(7-4-19)21-8-11-23(12-9-21)32-28(35)15-16-29(36)37/h3-14,17-18H,2,15-16H2,1H3,(H,32,35)(H,36,37). The first-order valence-corrected chi connectivity index (χ1v) is 12.5. The van der Waals surface area contributed by atoms with Crippen LogP contribution >= 0.6 is 23.2 Å². The number of carbonyl (C=O) groups excluding carboxylic acids is 1. The zero-order chi connectivity index (χ0) is 26.4. The molecular formula is C29H25Cl2N3O3. The van der Waals surface area contributed by atoms with Crippen molar-refractivity contribution in [2.75, 3.05) is 5.32 Å². The summed E-state index contributed by atoms with van der Waals surface area (Å²) in [4.78, 5) is 27.2. The van der Waals surface area contributed by atoms with Gasteiger partial charge in [-0.2, -0.15) is 0 Å². The second-order valence-corrected chi connectivity index (χ2v) is 9.21. The minimum atomic E-state index is -0.994. The Morgan fingerprint density at radius 3 is 2.24 bits per heavy atom. The number of rotatable bonds is 9. The molecule has 3 aromatic carbocycles.